The second kappa shape index (κ2) is 10.7. The minimum Gasteiger partial charge on any atom is -0.322 e. The Kier molecular flexibility index (Phi) is 7.48. The molecule has 0 bridgehead atoms. The van der Waals surface area contributed by atoms with Crippen LogP contribution in [0.1, 0.15) is 91.6 Å². The largest absolute Gasteiger partial charge is 0.322 e. The lowest BCUT2D eigenvalue weighted by atomic mass is 9.85. The summed E-state index contributed by atoms with van der Waals surface area (Å²) in [5, 5.41) is 6.05. The number of imide groups is 1. The summed E-state index contributed by atoms with van der Waals surface area (Å²) >= 11 is 0. The third-order valence-electron chi connectivity index (χ3n) is 8.37. The molecule has 1 aromatic carbocycles. The number of rotatable bonds is 7. The average Bonchev–Trinajstić information content (AvgIpc) is 3.18. The van der Waals surface area contributed by atoms with Crippen molar-refractivity contribution in [1.29, 1.82) is 0 Å². The molecule has 8 heteroatoms. The molecule has 1 atom stereocenters. The van der Waals surface area contributed by atoms with E-state index in [1.54, 1.807) is 6.07 Å². The molecule has 1 saturated carbocycles. The maximum Gasteiger partial charge on any atom is 0.255 e. The van der Waals surface area contributed by atoms with Crippen LogP contribution in [-0.4, -0.2) is 65.8 Å². The minimum atomic E-state index is -0.674. The molecule has 3 amide bonds. The highest BCUT2D eigenvalue weighted by Gasteiger charge is 2.41. The highest BCUT2D eigenvalue weighted by atomic mass is 19.1. The highest BCUT2D eigenvalue weighted by Crippen LogP contribution is 2.37. The molecule has 7 nitrogen and oxygen atoms in total. The molecule has 0 aromatic heterocycles. The van der Waals surface area contributed by atoms with Gasteiger partial charge in [0.25, 0.3) is 5.91 Å². The number of carbonyl (C=O) groups is 3. The van der Waals surface area contributed by atoms with Gasteiger partial charge in [-0.3, -0.25) is 19.7 Å². The number of likely N-dealkylation sites (tertiary alicyclic amines) is 1. The molecule has 1 aliphatic carbocycles. The minimum absolute atomic E-state index is 0.213. The predicted molar refractivity (Wildman–Crippen MR) is 130 cm³/mol. The van der Waals surface area contributed by atoms with Gasteiger partial charge in [-0.2, -0.15) is 0 Å². The molecule has 0 radical (unpaired) electrons. The van der Waals surface area contributed by atoms with Gasteiger partial charge in [0.05, 0.1) is 0 Å². The third kappa shape index (κ3) is 5.43. The predicted octanol–water partition coefficient (Wildman–Crippen LogP) is 3.08. The van der Waals surface area contributed by atoms with Crippen LogP contribution in [0.3, 0.4) is 0 Å². The van der Waals surface area contributed by atoms with Gasteiger partial charge >= 0.3 is 0 Å². The number of fused-ring (bicyclic) bond motifs is 1. The Morgan fingerprint density at radius 2 is 1.77 bits per heavy atom. The van der Waals surface area contributed by atoms with Crippen molar-refractivity contribution in [2.24, 2.45) is 0 Å². The molecule has 3 fully saturated rings. The van der Waals surface area contributed by atoms with Crippen molar-refractivity contribution in [3.05, 3.63) is 34.6 Å². The summed E-state index contributed by atoms with van der Waals surface area (Å²) in [7, 11) is 0. The van der Waals surface area contributed by atoms with E-state index in [0.29, 0.717) is 24.6 Å². The number of nitrogens with zero attached hydrogens (tertiary/aromatic N) is 2. The molecule has 35 heavy (non-hydrogen) atoms. The Balaban J connectivity index is 1.17. The number of nitrogens with one attached hydrogen (secondary N) is 2. The molecule has 4 aliphatic rings. The van der Waals surface area contributed by atoms with Crippen LogP contribution in [0.4, 0.5) is 4.39 Å². The third-order valence-corrected chi connectivity index (χ3v) is 8.37. The monoisotopic (exact) mass is 484 g/mol. The van der Waals surface area contributed by atoms with E-state index in [4.69, 9.17) is 0 Å². The fourth-order valence-electron chi connectivity index (χ4n) is 6.40. The van der Waals surface area contributed by atoms with Gasteiger partial charge in [-0.1, -0.05) is 19.3 Å². The first-order valence-electron chi connectivity index (χ1n) is 13.4. The van der Waals surface area contributed by atoms with Crippen LogP contribution in [0, 0.1) is 5.82 Å². The highest BCUT2D eigenvalue weighted by molar-refractivity contribution is 6.05. The summed E-state index contributed by atoms with van der Waals surface area (Å²) < 4.78 is 14.6. The van der Waals surface area contributed by atoms with E-state index < -0.39 is 17.8 Å². The Morgan fingerprint density at radius 3 is 2.51 bits per heavy atom. The molecule has 1 unspecified atom stereocenters. The molecule has 3 heterocycles. The maximum absolute atomic E-state index is 14.6. The molecule has 2 saturated heterocycles. The van der Waals surface area contributed by atoms with Crippen molar-refractivity contribution in [1.82, 2.24) is 20.4 Å². The molecule has 5 rings (SSSR count). The summed E-state index contributed by atoms with van der Waals surface area (Å²) in [6, 6.07) is 2.93. The number of amides is 3. The number of benzene rings is 1. The SMILES string of the molecule is O=C1CCC(N2Cc3c(cc(F)cc3C3CCN(CCCNC4CCCCC4)CC3)C2=O)C(=O)N1. The zero-order chi connectivity index (χ0) is 24.4. The Labute approximate surface area is 206 Å². The van der Waals surface area contributed by atoms with Gasteiger partial charge in [0.2, 0.25) is 11.8 Å². The molecule has 190 valence electrons. The molecule has 0 spiro atoms. The molecule has 1 aromatic rings. The van der Waals surface area contributed by atoms with Crippen molar-refractivity contribution in [2.75, 3.05) is 26.2 Å². The first kappa shape index (κ1) is 24.4. The van der Waals surface area contributed by atoms with Crippen LogP contribution in [0.25, 0.3) is 0 Å². The Bertz CT molecular complexity index is 969. The van der Waals surface area contributed by atoms with Crippen LogP contribution in [-0.2, 0) is 16.1 Å². The zero-order valence-corrected chi connectivity index (χ0v) is 20.5. The van der Waals surface area contributed by atoms with Crippen molar-refractivity contribution < 1.29 is 18.8 Å². The van der Waals surface area contributed by atoms with Gasteiger partial charge in [0, 0.05) is 24.6 Å². The topological polar surface area (TPSA) is 81.8 Å². The number of carbonyl (C=O) groups excluding carboxylic acids is 3. The van der Waals surface area contributed by atoms with Crippen LogP contribution < -0.4 is 10.6 Å². The van der Waals surface area contributed by atoms with Crippen LogP contribution in [0.5, 0.6) is 0 Å². The standard InChI is InChI=1S/C27H37FN4O3/c28-19-15-21(18-9-13-31(14-10-18)12-4-11-29-20-5-2-1-3-6-20)23-17-32(27(35)22(23)16-19)24-7-8-25(33)30-26(24)34/h15-16,18,20,24,29H,1-14,17H2,(H,30,33,34). The van der Waals surface area contributed by atoms with E-state index in [1.165, 1.54) is 43.1 Å². The molecular formula is C27H37FN4O3. The van der Waals surface area contributed by atoms with E-state index in [2.05, 4.69) is 15.5 Å². The second-order valence-corrected chi connectivity index (χ2v) is 10.7. The van der Waals surface area contributed by atoms with Crippen molar-refractivity contribution >= 4 is 17.7 Å². The zero-order valence-electron chi connectivity index (χ0n) is 20.5. The Morgan fingerprint density at radius 1 is 1.00 bits per heavy atom. The number of hydrogen-bond acceptors (Lipinski definition) is 5. The number of piperidine rings is 2. The van der Waals surface area contributed by atoms with E-state index in [1.807, 2.05) is 0 Å². The van der Waals surface area contributed by atoms with Gasteiger partial charge in [-0.05, 0) is 93.9 Å². The van der Waals surface area contributed by atoms with Crippen LogP contribution >= 0.6 is 0 Å². The lowest BCUT2D eigenvalue weighted by Crippen LogP contribution is -2.52. The fraction of sp³-hybridized carbons (Fsp3) is 0.667. The van der Waals surface area contributed by atoms with Gasteiger partial charge in [0.1, 0.15) is 11.9 Å². The van der Waals surface area contributed by atoms with Crippen molar-refractivity contribution in [3.63, 3.8) is 0 Å². The maximum atomic E-state index is 14.6. The van der Waals surface area contributed by atoms with Crippen molar-refractivity contribution in [3.8, 4) is 0 Å². The average molecular weight is 485 g/mol. The van der Waals surface area contributed by atoms with Crippen molar-refractivity contribution in [2.45, 2.75) is 88.8 Å². The van der Waals surface area contributed by atoms with Gasteiger partial charge in [-0.25, -0.2) is 4.39 Å². The lowest BCUT2D eigenvalue weighted by Gasteiger charge is -2.33. The summed E-state index contributed by atoms with van der Waals surface area (Å²) in [6.07, 6.45) is 10.3. The van der Waals surface area contributed by atoms with Gasteiger partial charge in [-0.15, -0.1) is 0 Å². The second-order valence-electron chi connectivity index (χ2n) is 10.7. The smallest absolute Gasteiger partial charge is 0.255 e. The van der Waals surface area contributed by atoms with Crippen LogP contribution in [0.15, 0.2) is 12.1 Å². The number of halogens is 1. The summed E-state index contributed by atoms with van der Waals surface area (Å²) in [6.45, 7) is 4.41. The van der Waals surface area contributed by atoms with Crippen LogP contribution in [0.2, 0.25) is 0 Å². The summed E-state index contributed by atoms with van der Waals surface area (Å²) in [5.74, 6) is -1.23. The fourth-order valence-corrected chi connectivity index (χ4v) is 6.40. The Hall–Kier alpha value is -2.32. The lowest BCUT2D eigenvalue weighted by molar-refractivity contribution is -0.136. The van der Waals surface area contributed by atoms with E-state index in [9.17, 15) is 18.8 Å². The van der Waals surface area contributed by atoms with E-state index in [-0.39, 0.29) is 24.2 Å². The molecular weight excluding hydrogens is 447 g/mol. The first-order valence-corrected chi connectivity index (χ1v) is 13.4. The van der Waals surface area contributed by atoms with E-state index in [0.717, 1.165) is 56.6 Å². The first-order chi connectivity index (χ1) is 17.0. The van der Waals surface area contributed by atoms with Gasteiger partial charge < -0.3 is 15.1 Å². The summed E-state index contributed by atoms with van der Waals surface area (Å²) in [5.41, 5.74) is 2.15. The molecule has 3 aliphatic heterocycles. The van der Waals surface area contributed by atoms with E-state index >= 15 is 0 Å². The van der Waals surface area contributed by atoms with Gasteiger partial charge in [0.15, 0.2) is 0 Å². The molecule has 2 N–H and O–H groups in total. The number of hydrogen-bond donors (Lipinski definition) is 2. The quantitative estimate of drug-likeness (QED) is 0.459. The summed E-state index contributed by atoms with van der Waals surface area (Å²) in [4.78, 5) is 41.0. The normalized spacial score (nSPS) is 24.7.